The molecule has 104 valence electrons. The quantitative estimate of drug-likeness (QED) is 0.847. The van der Waals surface area contributed by atoms with E-state index < -0.39 is 0 Å². The summed E-state index contributed by atoms with van der Waals surface area (Å²) in [6.07, 6.45) is 4.06. The molecule has 2 aromatic heterocycles. The van der Waals surface area contributed by atoms with Gasteiger partial charge in [-0.05, 0) is 32.2 Å². The summed E-state index contributed by atoms with van der Waals surface area (Å²) in [5.41, 5.74) is 3.21. The van der Waals surface area contributed by atoms with Crippen LogP contribution in [-0.4, -0.2) is 38.6 Å². The number of nitrogens with zero attached hydrogens (tertiary/aromatic N) is 2. The van der Waals surface area contributed by atoms with Crippen LogP contribution in [0.5, 0.6) is 0 Å². The van der Waals surface area contributed by atoms with E-state index >= 15 is 0 Å². The van der Waals surface area contributed by atoms with Crippen LogP contribution in [0.4, 0.5) is 0 Å². The standard InChI is InChI=1S/C14H21N3OS/c1-10-12(8-15-11(2)13(9-18)19-3)17-7-5-4-6-14(17)16-10/h4-7,11,13,15,18H,8-9H2,1-3H3. The maximum Gasteiger partial charge on any atom is 0.137 e. The van der Waals surface area contributed by atoms with Crippen molar-refractivity contribution in [1.82, 2.24) is 14.7 Å². The molecule has 2 rings (SSSR count). The highest BCUT2D eigenvalue weighted by atomic mass is 32.2. The summed E-state index contributed by atoms with van der Waals surface area (Å²) >= 11 is 1.69. The van der Waals surface area contributed by atoms with Crippen molar-refractivity contribution >= 4 is 17.4 Å². The Morgan fingerprint density at radius 3 is 2.95 bits per heavy atom. The number of imidazole rings is 1. The third-order valence-electron chi connectivity index (χ3n) is 3.46. The molecule has 5 heteroatoms. The van der Waals surface area contributed by atoms with Gasteiger partial charge >= 0.3 is 0 Å². The molecule has 0 aliphatic heterocycles. The summed E-state index contributed by atoms with van der Waals surface area (Å²) < 4.78 is 2.11. The molecule has 0 spiro atoms. The zero-order chi connectivity index (χ0) is 13.8. The van der Waals surface area contributed by atoms with Gasteiger partial charge < -0.3 is 14.8 Å². The Morgan fingerprint density at radius 1 is 1.47 bits per heavy atom. The Hall–Kier alpha value is -1.04. The summed E-state index contributed by atoms with van der Waals surface area (Å²) in [6.45, 7) is 5.10. The Balaban J connectivity index is 2.11. The number of rotatable bonds is 6. The second-order valence-electron chi connectivity index (χ2n) is 4.70. The number of pyridine rings is 1. The lowest BCUT2D eigenvalue weighted by atomic mass is 10.2. The Kier molecular flexibility index (Phi) is 4.85. The van der Waals surface area contributed by atoms with Gasteiger partial charge in [0.1, 0.15) is 5.65 Å². The fourth-order valence-corrected chi connectivity index (χ4v) is 2.86. The van der Waals surface area contributed by atoms with Crippen LogP contribution in [0.25, 0.3) is 5.65 Å². The van der Waals surface area contributed by atoms with Crippen LogP contribution in [-0.2, 0) is 6.54 Å². The number of hydrogen-bond donors (Lipinski definition) is 2. The lowest BCUT2D eigenvalue weighted by Gasteiger charge is -2.21. The van der Waals surface area contributed by atoms with Gasteiger partial charge in [-0.2, -0.15) is 11.8 Å². The van der Waals surface area contributed by atoms with Crippen molar-refractivity contribution in [1.29, 1.82) is 0 Å². The Labute approximate surface area is 118 Å². The fraction of sp³-hybridized carbons (Fsp3) is 0.500. The maximum absolute atomic E-state index is 9.30. The molecule has 0 saturated heterocycles. The lowest BCUT2D eigenvalue weighted by molar-refractivity contribution is 0.275. The number of nitrogens with one attached hydrogen (secondary N) is 1. The molecule has 0 aromatic carbocycles. The first-order chi connectivity index (χ1) is 9.17. The zero-order valence-electron chi connectivity index (χ0n) is 11.6. The van der Waals surface area contributed by atoms with Gasteiger partial charge in [0, 0.05) is 24.0 Å². The van der Waals surface area contributed by atoms with Gasteiger partial charge in [0.05, 0.1) is 18.0 Å². The van der Waals surface area contributed by atoms with Crippen LogP contribution in [0.1, 0.15) is 18.3 Å². The van der Waals surface area contributed by atoms with E-state index in [1.54, 1.807) is 11.8 Å². The second-order valence-corrected chi connectivity index (χ2v) is 5.78. The van der Waals surface area contributed by atoms with E-state index in [1.807, 2.05) is 37.6 Å². The van der Waals surface area contributed by atoms with Crippen molar-refractivity contribution in [3.8, 4) is 0 Å². The molecule has 2 atom stereocenters. The van der Waals surface area contributed by atoms with Crippen molar-refractivity contribution in [2.45, 2.75) is 31.7 Å². The summed E-state index contributed by atoms with van der Waals surface area (Å²) in [6, 6.07) is 6.28. The minimum absolute atomic E-state index is 0.196. The smallest absolute Gasteiger partial charge is 0.137 e. The Morgan fingerprint density at radius 2 is 2.26 bits per heavy atom. The topological polar surface area (TPSA) is 49.6 Å². The number of hydrogen-bond acceptors (Lipinski definition) is 4. The minimum atomic E-state index is 0.196. The van der Waals surface area contributed by atoms with Crippen molar-refractivity contribution in [2.75, 3.05) is 12.9 Å². The van der Waals surface area contributed by atoms with Crippen LogP contribution in [0.2, 0.25) is 0 Å². The Bertz CT molecular complexity index is 536. The first-order valence-corrected chi connectivity index (χ1v) is 7.75. The molecule has 0 bridgehead atoms. The fourth-order valence-electron chi connectivity index (χ4n) is 2.20. The van der Waals surface area contributed by atoms with Crippen molar-refractivity contribution in [3.05, 3.63) is 35.8 Å². The molecule has 0 amide bonds. The van der Waals surface area contributed by atoms with Gasteiger partial charge in [-0.15, -0.1) is 0 Å². The van der Waals surface area contributed by atoms with E-state index in [0.717, 1.165) is 17.9 Å². The van der Waals surface area contributed by atoms with Crippen LogP contribution in [0.3, 0.4) is 0 Å². The van der Waals surface area contributed by atoms with E-state index in [1.165, 1.54) is 5.69 Å². The third-order valence-corrected chi connectivity index (χ3v) is 4.62. The zero-order valence-corrected chi connectivity index (χ0v) is 12.4. The molecule has 0 aliphatic carbocycles. The van der Waals surface area contributed by atoms with E-state index in [0.29, 0.717) is 0 Å². The predicted octanol–water partition coefficient (Wildman–Crippen LogP) is 1.84. The van der Waals surface area contributed by atoms with Crippen molar-refractivity contribution < 1.29 is 5.11 Å². The van der Waals surface area contributed by atoms with Crippen LogP contribution in [0.15, 0.2) is 24.4 Å². The number of aliphatic hydroxyl groups is 1. The van der Waals surface area contributed by atoms with Gasteiger partial charge in [0.2, 0.25) is 0 Å². The average molecular weight is 279 g/mol. The molecule has 2 unspecified atom stereocenters. The number of aliphatic hydroxyl groups excluding tert-OH is 1. The highest BCUT2D eigenvalue weighted by Crippen LogP contribution is 2.14. The number of thioether (sulfide) groups is 1. The largest absolute Gasteiger partial charge is 0.395 e. The monoisotopic (exact) mass is 279 g/mol. The first-order valence-electron chi connectivity index (χ1n) is 6.47. The molecule has 2 heterocycles. The maximum atomic E-state index is 9.30. The molecule has 2 aromatic rings. The average Bonchev–Trinajstić information content (AvgIpc) is 2.73. The minimum Gasteiger partial charge on any atom is -0.395 e. The van der Waals surface area contributed by atoms with Crippen molar-refractivity contribution in [3.63, 3.8) is 0 Å². The van der Waals surface area contributed by atoms with Gasteiger partial charge in [-0.3, -0.25) is 0 Å². The summed E-state index contributed by atoms with van der Waals surface area (Å²) in [5, 5.41) is 13.0. The van der Waals surface area contributed by atoms with E-state index in [9.17, 15) is 5.11 Å². The number of fused-ring (bicyclic) bond motifs is 1. The molecule has 19 heavy (non-hydrogen) atoms. The van der Waals surface area contributed by atoms with E-state index in [4.69, 9.17) is 0 Å². The van der Waals surface area contributed by atoms with E-state index in [2.05, 4.69) is 21.6 Å². The van der Waals surface area contributed by atoms with E-state index in [-0.39, 0.29) is 17.9 Å². The molecule has 0 saturated carbocycles. The van der Waals surface area contributed by atoms with Crippen molar-refractivity contribution in [2.24, 2.45) is 0 Å². The molecule has 0 fully saturated rings. The summed E-state index contributed by atoms with van der Waals surface area (Å²) in [7, 11) is 0. The highest BCUT2D eigenvalue weighted by Gasteiger charge is 2.16. The second kappa shape index (κ2) is 6.41. The van der Waals surface area contributed by atoms with Gasteiger partial charge in [-0.25, -0.2) is 4.98 Å². The highest BCUT2D eigenvalue weighted by molar-refractivity contribution is 7.99. The number of aromatic nitrogens is 2. The molecule has 4 nitrogen and oxygen atoms in total. The predicted molar refractivity (Wildman–Crippen MR) is 80.6 cm³/mol. The lowest BCUT2D eigenvalue weighted by Crippen LogP contribution is -2.37. The van der Waals surface area contributed by atoms with Crippen LogP contribution < -0.4 is 5.32 Å². The first kappa shape index (κ1) is 14.4. The molecule has 0 radical (unpaired) electrons. The molecule has 0 aliphatic rings. The number of aryl methyl sites for hydroxylation is 1. The molecule has 2 N–H and O–H groups in total. The third kappa shape index (κ3) is 3.11. The normalized spacial score (nSPS) is 14.7. The van der Waals surface area contributed by atoms with Gasteiger partial charge in [0.15, 0.2) is 0 Å². The molecular formula is C14H21N3OS. The SMILES string of the molecule is CSC(CO)C(C)NCc1c(C)nc2ccccn12. The van der Waals surface area contributed by atoms with Gasteiger partial charge in [-0.1, -0.05) is 6.07 Å². The molecular weight excluding hydrogens is 258 g/mol. The summed E-state index contributed by atoms with van der Waals surface area (Å²) in [5.74, 6) is 0. The van der Waals surface area contributed by atoms with Crippen LogP contribution >= 0.6 is 11.8 Å². The van der Waals surface area contributed by atoms with Gasteiger partial charge in [0.25, 0.3) is 0 Å². The van der Waals surface area contributed by atoms with Crippen LogP contribution in [0, 0.1) is 6.92 Å². The summed E-state index contributed by atoms with van der Waals surface area (Å²) in [4.78, 5) is 4.54.